The van der Waals surface area contributed by atoms with E-state index in [-0.39, 0.29) is 11.7 Å². The van der Waals surface area contributed by atoms with E-state index >= 15 is 0 Å². The molecule has 1 rings (SSSR count). The molecule has 0 atom stereocenters. The first-order valence-corrected chi connectivity index (χ1v) is 5.63. The highest BCUT2D eigenvalue weighted by Crippen LogP contribution is 2.17. The molecule has 0 unspecified atom stereocenters. The van der Waals surface area contributed by atoms with Gasteiger partial charge in [-0.2, -0.15) is 0 Å². The summed E-state index contributed by atoms with van der Waals surface area (Å²) in [6.45, 7) is 0. The van der Waals surface area contributed by atoms with Crippen molar-refractivity contribution in [1.82, 2.24) is 0 Å². The fraction of sp³-hybridized carbons (Fsp3) is 0.300. The number of thiol groups is 1. The highest BCUT2D eigenvalue weighted by atomic mass is 35.5. The van der Waals surface area contributed by atoms with Gasteiger partial charge in [-0.1, -0.05) is 6.07 Å². The van der Waals surface area contributed by atoms with Gasteiger partial charge in [-0.25, -0.2) is 0 Å². The molecule has 0 N–H and O–H groups in total. The van der Waals surface area contributed by atoms with E-state index in [0.29, 0.717) is 12.3 Å². The second-order valence-corrected chi connectivity index (χ2v) is 3.99. The van der Waals surface area contributed by atoms with Crippen LogP contribution >= 0.6 is 35.8 Å². The van der Waals surface area contributed by atoms with Crippen molar-refractivity contribution in [2.24, 2.45) is 0 Å². The topological polar surface area (TPSA) is 17.1 Å². The van der Waals surface area contributed by atoms with Gasteiger partial charge in [-0.05, 0) is 23.3 Å². The van der Waals surface area contributed by atoms with Crippen molar-refractivity contribution in [2.75, 3.05) is 5.88 Å². The number of halogens is 2. The van der Waals surface area contributed by atoms with Gasteiger partial charge in [-0.15, -0.1) is 35.8 Å². The molecular formula is C10H10Cl2OS. The first kappa shape index (κ1) is 11.9. The van der Waals surface area contributed by atoms with Gasteiger partial charge in [0, 0.05) is 17.2 Å². The highest BCUT2D eigenvalue weighted by molar-refractivity contribution is 7.80. The van der Waals surface area contributed by atoms with Crippen LogP contribution in [0.25, 0.3) is 0 Å². The second kappa shape index (κ2) is 5.64. The third kappa shape index (κ3) is 3.19. The third-order valence-electron chi connectivity index (χ3n) is 1.87. The number of ketones is 1. The molecule has 0 aliphatic carbocycles. The Morgan fingerprint density at radius 2 is 2.00 bits per heavy atom. The van der Waals surface area contributed by atoms with E-state index < -0.39 is 0 Å². The van der Waals surface area contributed by atoms with Gasteiger partial charge >= 0.3 is 0 Å². The van der Waals surface area contributed by atoms with Crippen molar-refractivity contribution in [2.45, 2.75) is 17.2 Å². The lowest BCUT2D eigenvalue weighted by molar-refractivity contribution is -0.116. The van der Waals surface area contributed by atoms with E-state index in [0.717, 1.165) is 16.0 Å². The van der Waals surface area contributed by atoms with Crippen molar-refractivity contribution >= 4 is 41.6 Å². The molecule has 0 heterocycles. The summed E-state index contributed by atoms with van der Waals surface area (Å²) < 4.78 is 0. The van der Waals surface area contributed by atoms with Crippen LogP contribution in [-0.2, 0) is 17.1 Å². The molecule has 14 heavy (non-hydrogen) atoms. The molecular weight excluding hydrogens is 239 g/mol. The molecule has 0 saturated heterocycles. The predicted octanol–water partition coefficient (Wildman–Crippen LogP) is 3.06. The molecule has 1 aromatic carbocycles. The van der Waals surface area contributed by atoms with Crippen LogP contribution in [0.4, 0.5) is 0 Å². The second-order valence-electron chi connectivity index (χ2n) is 2.94. The summed E-state index contributed by atoms with van der Waals surface area (Å²) in [5.41, 5.74) is 1.88. The standard InChI is InChI=1S/C10H10Cl2OS/c11-5-8-4-10(14)2-1-7(8)3-9(13)6-12/h1-2,4,14H,3,5-6H2. The summed E-state index contributed by atoms with van der Waals surface area (Å²) >= 11 is 15.4. The Kier molecular flexibility index (Phi) is 4.79. The molecule has 0 spiro atoms. The lowest BCUT2D eigenvalue weighted by Gasteiger charge is -2.06. The molecule has 0 bridgehead atoms. The summed E-state index contributed by atoms with van der Waals surface area (Å²) in [5.74, 6) is 0.439. The zero-order chi connectivity index (χ0) is 10.6. The van der Waals surface area contributed by atoms with Crippen molar-refractivity contribution in [1.29, 1.82) is 0 Å². The normalized spacial score (nSPS) is 10.2. The number of hydrogen-bond acceptors (Lipinski definition) is 2. The van der Waals surface area contributed by atoms with Gasteiger partial charge < -0.3 is 0 Å². The molecule has 0 aliphatic heterocycles. The number of benzene rings is 1. The Morgan fingerprint density at radius 1 is 1.29 bits per heavy atom. The molecule has 0 saturated carbocycles. The quantitative estimate of drug-likeness (QED) is 0.641. The number of alkyl halides is 2. The van der Waals surface area contributed by atoms with Gasteiger partial charge in [0.05, 0.1) is 5.88 Å². The number of carbonyl (C=O) groups excluding carboxylic acids is 1. The van der Waals surface area contributed by atoms with E-state index in [9.17, 15) is 4.79 Å². The van der Waals surface area contributed by atoms with Crippen molar-refractivity contribution < 1.29 is 4.79 Å². The lowest BCUT2D eigenvalue weighted by atomic mass is 10.0. The molecule has 4 heteroatoms. The Bertz CT molecular complexity index is 339. The average Bonchev–Trinajstić information content (AvgIpc) is 2.20. The average molecular weight is 249 g/mol. The van der Waals surface area contributed by atoms with Crippen LogP contribution in [-0.4, -0.2) is 11.7 Å². The van der Waals surface area contributed by atoms with E-state index in [4.69, 9.17) is 23.2 Å². The maximum absolute atomic E-state index is 11.1. The Morgan fingerprint density at radius 3 is 2.57 bits per heavy atom. The number of hydrogen-bond donors (Lipinski definition) is 1. The molecule has 0 radical (unpaired) electrons. The van der Waals surface area contributed by atoms with E-state index in [2.05, 4.69) is 12.6 Å². The first-order chi connectivity index (χ1) is 6.67. The van der Waals surface area contributed by atoms with Crippen molar-refractivity contribution in [3.63, 3.8) is 0 Å². The summed E-state index contributed by atoms with van der Waals surface area (Å²) in [6.07, 6.45) is 0.347. The highest BCUT2D eigenvalue weighted by Gasteiger charge is 2.06. The van der Waals surface area contributed by atoms with Gasteiger partial charge in [0.2, 0.25) is 0 Å². The molecule has 0 aliphatic rings. The first-order valence-electron chi connectivity index (χ1n) is 4.11. The third-order valence-corrected chi connectivity index (χ3v) is 2.73. The van der Waals surface area contributed by atoms with Crippen molar-refractivity contribution in [3.8, 4) is 0 Å². The largest absolute Gasteiger partial charge is 0.298 e. The fourth-order valence-corrected chi connectivity index (χ4v) is 1.74. The fourth-order valence-electron chi connectivity index (χ4n) is 1.17. The number of Topliss-reactive ketones (excluding diaryl/α,β-unsaturated/α-hetero) is 1. The van der Waals surface area contributed by atoms with E-state index in [1.165, 1.54) is 0 Å². The zero-order valence-corrected chi connectivity index (χ0v) is 9.87. The molecule has 1 nitrogen and oxygen atoms in total. The summed E-state index contributed by atoms with van der Waals surface area (Å²) in [4.78, 5) is 12.0. The van der Waals surface area contributed by atoms with Gasteiger partial charge in [-0.3, -0.25) is 4.79 Å². The van der Waals surface area contributed by atoms with Crippen molar-refractivity contribution in [3.05, 3.63) is 29.3 Å². The monoisotopic (exact) mass is 248 g/mol. The minimum absolute atomic E-state index is 0.00458. The van der Waals surface area contributed by atoms with Gasteiger partial charge in [0.1, 0.15) is 0 Å². The lowest BCUT2D eigenvalue weighted by Crippen LogP contribution is -2.05. The zero-order valence-electron chi connectivity index (χ0n) is 7.46. The minimum atomic E-state index is 0.00458. The molecule has 1 aromatic rings. The molecule has 0 aromatic heterocycles. The van der Waals surface area contributed by atoms with Crippen LogP contribution in [0.5, 0.6) is 0 Å². The van der Waals surface area contributed by atoms with Crippen LogP contribution in [0.2, 0.25) is 0 Å². The number of carbonyl (C=O) groups is 1. The maximum atomic E-state index is 11.1. The molecule has 0 fully saturated rings. The van der Waals surface area contributed by atoms with Crippen LogP contribution in [0, 0.1) is 0 Å². The molecule has 76 valence electrons. The summed E-state index contributed by atoms with van der Waals surface area (Å²) in [6, 6.07) is 5.58. The smallest absolute Gasteiger partial charge is 0.151 e. The molecule has 0 amide bonds. The summed E-state index contributed by atoms with van der Waals surface area (Å²) in [5, 5.41) is 0. The Balaban J connectivity index is 2.90. The van der Waals surface area contributed by atoms with Crippen LogP contribution in [0.3, 0.4) is 0 Å². The van der Waals surface area contributed by atoms with Crippen LogP contribution in [0.1, 0.15) is 11.1 Å². The Labute approximate surface area is 98.8 Å². The van der Waals surface area contributed by atoms with Crippen LogP contribution in [0.15, 0.2) is 23.1 Å². The van der Waals surface area contributed by atoms with E-state index in [1.54, 1.807) is 0 Å². The van der Waals surface area contributed by atoms with Gasteiger partial charge in [0.15, 0.2) is 5.78 Å². The summed E-state index contributed by atoms with van der Waals surface area (Å²) in [7, 11) is 0. The van der Waals surface area contributed by atoms with Gasteiger partial charge in [0.25, 0.3) is 0 Å². The predicted molar refractivity (Wildman–Crippen MR) is 62.7 cm³/mol. The van der Waals surface area contributed by atoms with E-state index in [1.807, 2.05) is 18.2 Å². The maximum Gasteiger partial charge on any atom is 0.151 e. The SMILES string of the molecule is O=C(CCl)Cc1ccc(S)cc1CCl. The minimum Gasteiger partial charge on any atom is -0.298 e. The van der Waals surface area contributed by atoms with Crippen LogP contribution < -0.4 is 0 Å². The Hall–Kier alpha value is -0.180. The number of rotatable bonds is 4.